The Kier molecular flexibility index (Phi) is 3.63. The zero-order chi connectivity index (χ0) is 14.1. The van der Waals surface area contributed by atoms with Gasteiger partial charge in [0.05, 0.1) is 12.6 Å². The molecule has 1 unspecified atom stereocenters. The molecule has 2 aliphatic heterocycles. The van der Waals surface area contributed by atoms with Gasteiger partial charge in [-0.25, -0.2) is 0 Å². The molecule has 2 aliphatic rings. The molecule has 1 atom stereocenters. The molecule has 1 aromatic rings. The molecule has 5 heteroatoms. The van der Waals surface area contributed by atoms with Crippen LogP contribution in [-0.4, -0.2) is 49.8 Å². The van der Waals surface area contributed by atoms with E-state index in [1.165, 1.54) is 0 Å². The zero-order valence-corrected chi connectivity index (χ0v) is 11.8. The van der Waals surface area contributed by atoms with E-state index in [0.717, 1.165) is 36.4 Å². The summed E-state index contributed by atoms with van der Waals surface area (Å²) in [5.41, 5.74) is 3.20. The van der Waals surface area contributed by atoms with Crippen molar-refractivity contribution in [1.29, 1.82) is 0 Å². The number of carbonyl (C=O) groups is 1. The molecule has 5 nitrogen and oxygen atoms in total. The Bertz CT molecular complexity index is 518. The Labute approximate surface area is 119 Å². The molecule has 0 bridgehead atoms. The van der Waals surface area contributed by atoms with Crippen LogP contribution in [-0.2, 0) is 4.79 Å². The van der Waals surface area contributed by atoms with E-state index in [-0.39, 0.29) is 12.0 Å². The van der Waals surface area contributed by atoms with Crippen molar-refractivity contribution < 1.29 is 9.90 Å². The van der Waals surface area contributed by atoms with Crippen LogP contribution >= 0.6 is 0 Å². The van der Waals surface area contributed by atoms with Gasteiger partial charge in [0.25, 0.3) is 0 Å². The van der Waals surface area contributed by atoms with Crippen LogP contribution in [0, 0.1) is 6.92 Å². The standard InChI is InChI=1S/C15H21N3O2/c1-11-2-3-12(17-6-4-13(19)10-17)8-14(11)18-7-5-16-9-15(18)20/h2-3,8,13,16,19H,4-7,9-10H2,1H3. The van der Waals surface area contributed by atoms with Crippen LogP contribution in [0.2, 0.25) is 0 Å². The van der Waals surface area contributed by atoms with E-state index < -0.39 is 0 Å². The molecule has 1 amide bonds. The van der Waals surface area contributed by atoms with E-state index in [1.807, 2.05) is 11.8 Å². The lowest BCUT2D eigenvalue weighted by Gasteiger charge is -2.30. The van der Waals surface area contributed by atoms with Crippen molar-refractivity contribution in [3.63, 3.8) is 0 Å². The predicted molar refractivity (Wildman–Crippen MR) is 79.2 cm³/mol. The summed E-state index contributed by atoms with van der Waals surface area (Å²) < 4.78 is 0. The Hall–Kier alpha value is -1.59. The number of nitrogens with zero attached hydrogens (tertiary/aromatic N) is 2. The average molecular weight is 275 g/mol. The fourth-order valence-electron chi connectivity index (χ4n) is 2.92. The van der Waals surface area contributed by atoms with Crippen LogP contribution in [0.3, 0.4) is 0 Å². The number of carbonyl (C=O) groups excluding carboxylic acids is 1. The maximum atomic E-state index is 12.0. The molecule has 0 radical (unpaired) electrons. The molecule has 2 heterocycles. The first-order valence-electron chi connectivity index (χ1n) is 7.20. The molecule has 1 aromatic carbocycles. The van der Waals surface area contributed by atoms with Gasteiger partial charge >= 0.3 is 0 Å². The molecule has 2 saturated heterocycles. The molecule has 0 aliphatic carbocycles. The summed E-state index contributed by atoms with van der Waals surface area (Å²) in [4.78, 5) is 16.1. The second kappa shape index (κ2) is 5.42. The minimum absolute atomic E-state index is 0.123. The van der Waals surface area contributed by atoms with Crippen molar-refractivity contribution in [3.05, 3.63) is 23.8 Å². The van der Waals surface area contributed by atoms with Crippen LogP contribution in [0.25, 0.3) is 0 Å². The number of hydrogen-bond acceptors (Lipinski definition) is 4. The number of aliphatic hydroxyl groups excluding tert-OH is 1. The predicted octanol–water partition coefficient (Wildman–Crippen LogP) is 0.502. The number of piperazine rings is 1. The third-order valence-electron chi connectivity index (χ3n) is 4.10. The molecule has 2 fully saturated rings. The van der Waals surface area contributed by atoms with E-state index in [4.69, 9.17) is 0 Å². The number of anilines is 2. The highest BCUT2D eigenvalue weighted by Gasteiger charge is 2.24. The highest BCUT2D eigenvalue weighted by Crippen LogP contribution is 2.29. The number of amides is 1. The van der Waals surface area contributed by atoms with Crippen LogP contribution in [0.1, 0.15) is 12.0 Å². The molecule has 20 heavy (non-hydrogen) atoms. The Morgan fingerprint density at radius 1 is 1.35 bits per heavy atom. The fraction of sp³-hybridized carbons (Fsp3) is 0.533. The summed E-state index contributed by atoms with van der Waals surface area (Å²) in [5, 5.41) is 12.8. The molecule has 0 spiro atoms. The first-order valence-corrected chi connectivity index (χ1v) is 7.20. The SMILES string of the molecule is Cc1ccc(N2CCC(O)C2)cc1N1CCNCC1=O. The largest absolute Gasteiger partial charge is 0.391 e. The van der Waals surface area contributed by atoms with Crippen molar-refractivity contribution in [1.82, 2.24) is 5.32 Å². The van der Waals surface area contributed by atoms with Crippen molar-refractivity contribution >= 4 is 17.3 Å². The number of aryl methyl sites for hydroxylation is 1. The second-order valence-corrected chi connectivity index (χ2v) is 5.58. The number of benzene rings is 1. The van der Waals surface area contributed by atoms with Gasteiger partial charge in [0, 0.05) is 37.6 Å². The zero-order valence-electron chi connectivity index (χ0n) is 11.8. The summed E-state index contributed by atoms with van der Waals surface area (Å²) in [6.45, 7) is 5.54. The summed E-state index contributed by atoms with van der Waals surface area (Å²) in [6, 6.07) is 6.21. The van der Waals surface area contributed by atoms with Gasteiger partial charge in [-0.05, 0) is 31.0 Å². The molecule has 2 N–H and O–H groups in total. The normalized spacial score (nSPS) is 23.5. The van der Waals surface area contributed by atoms with E-state index in [2.05, 4.69) is 28.4 Å². The maximum absolute atomic E-state index is 12.0. The monoisotopic (exact) mass is 275 g/mol. The highest BCUT2D eigenvalue weighted by atomic mass is 16.3. The van der Waals surface area contributed by atoms with E-state index in [9.17, 15) is 9.90 Å². The third-order valence-corrected chi connectivity index (χ3v) is 4.10. The average Bonchev–Trinajstić information content (AvgIpc) is 2.87. The molecule has 3 rings (SSSR count). The fourth-order valence-corrected chi connectivity index (χ4v) is 2.92. The second-order valence-electron chi connectivity index (χ2n) is 5.58. The number of hydrogen-bond donors (Lipinski definition) is 2. The number of nitrogens with one attached hydrogen (secondary N) is 1. The minimum Gasteiger partial charge on any atom is -0.391 e. The van der Waals surface area contributed by atoms with Crippen molar-refractivity contribution in [2.75, 3.05) is 42.5 Å². The van der Waals surface area contributed by atoms with Gasteiger partial charge < -0.3 is 20.2 Å². The maximum Gasteiger partial charge on any atom is 0.240 e. The number of rotatable bonds is 2. The topological polar surface area (TPSA) is 55.8 Å². The Morgan fingerprint density at radius 2 is 2.20 bits per heavy atom. The van der Waals surface area contributed by atoms with E-state index >= 15 is 0 Å². The van der Waals surface area contributed by atoms with Gasteiger partial charge in [-0.2, -0.15) is 0 Å². The molecule has 108 valence electrons. The third kappa shape index (κ3) is 2.51. The van der Waals surface area contributed by atoms with Crippen LogP contribution in [0.5, 0.6) is 0 Å². The lowest BCUT2D eigenvalue weighted by atomic mass is 10.1. The van der Waals surface area contributed by atoms with Crippen molar-refractivity contribution in [3.8, 4) is 0 Å². The van der Waals surface area contributed by atoms with Gasteiger partial charge in [0.15, 0.2) is 0 Å². The molecule has 0 aromatic heterocycles. The van der Waals surface area contributed by atoms with Gasteiger partial charge in [0.1, 0.15) is 0 Å². The summed E-state index contributed by atoms with van der Waals surface area (Å²) in [7, 11) is 0. The van der Waals surface area contributed by atoms with Crippen molar-refractivity contribution in [2.45, 2.75) is 19.4 Å². The highest BCUT2D eigenvalue weighted by molar-refractivity contribution is 5.96. The van der Waals surface area contributed by atoms with E-state index in [0.29, 0.717) is 19.6 Å². The van der Waals surface area contributed by atoms with Gasteiger partial charge in [-0.15, -0.1) is 0 Å². The molecule has 0 saturated carbocycles. The minimum atomic E-state index is -0.236. The Morgan fingerprint density at radius 3 is 2.90 bits per heavy atom. The first-order chi connectivity index (χ1) is 9.65. The van der Waals surface area contributed by atoms with Crippen molar-refractivity contribution in [2.24, 2.45) is 0 Å². The lowest BCUT2D eigenvalue weighted by Crippen LogP contribution is -2.48. The lowest BCUT2D eigenvalue weighted by molar-refractivity contribution is -0.118. The Balaban J connectivity index is 1.88. The van der Waals surface area contributed by atoms with Gasteiger partial charge in [0.2, 0.25) is 5.91 Å². The van der Waals surface area contributed by atoms with Crippen LogP contribution in [0.4, 0.5) is 11.4 Å². The number of aliphatic hydroxyl groups is 1. The summed E-state index contributed by atoms with van der Waals surface area (Å²) >= 11 is 0. The van der Waals surface area contributed by atoms with Gasteiger partial charge in [-0.1, -0.05) is 6.07 Å². The first kappa shape index (κ1) is 13.4. The van der Waals surface area contributed by atoms with Crippen LogP contribution < -0.4 is 15.1 Å². The number of β-amino-alcohol motifs (C(OH)–C–C–N with tert-alkyl or cyclic N) is 1. The summed E-state index contributed by atoms with van der Waals surface area (Å²) in [5.74, 6) is 0.123. The summed E-state index contributed by atoms with van der Waals surface area (Å²) in [6.07, 6.45) is 0.580. The smallest absolute Gasteiger partial charge is 0.240 e. The quantitative estimate of drug-likeness (QED) is 0.825. The molecular weight excluding hydrogens is 254 g/mol. The molecular formula is C15H21N3O2. The van der Waals surface area contributed by atoms with E-state index in [1.54, 1.807) is 0 Å². The van der Waals surface area contributed by atoms with Gasteiger partial charge in [-0.3, -0.25) is 4.79 Å². The van der Waals surface area contributed by atoms with Crippen LogP contribution in [0.15, 0.2) is 18.2 Å².